The highest BCUT2D eigenvalue weighted by Crippen LogP contribution is 1.85. The fourth-order valence-electron chi connectivity index (χ4n) is 1.11. The van der Waals surface area contributed by atoms with Crippen molar-refractivity contribution < 1.29 is 0 Å². The highest BCUT2D eigenvalue weighted by molar-refractivity contribution is 7.80. The quantitative estimate of drug-likeness (QED) is 0.289. The number of hydrogen-bond acceptors (Lipinski definition) is 2. The Labute approximate surface area is 120 Å². The van der Waals surface area contributed by atoms with Gasteiger partial charge in [-0.1, -0.05) is 12.2 Å². The maximum absolute atomic E-state index is 5.06. The molecule has 0 heterocycles. The third-order valence-electron chi connectivity index (χ3n) is 1.99. The van der Waals surface area contributed by atoms with E-state index < -0.39 is 0 Å². The number of rotatable bonds is 9. The molecule has 0 unspecified atom stereocenters. The van der Waals surface area contributed by atoms with Crippen molar-refractivity contribution in [3.05, 3.63) is 25.3 Å². The van der Waals surface area contributed by atoms with E-state index in [9.17, 15) is 0 Å². The van der Waals surface area contributed by atoms with Crippen LogP contribution in [0.2, 0.25) is 0 Å². The average molecular weight is 286 g/mol. The Morgan fingerprint density at radius 1 is 0.778 bits per heavy atom. The maximum Gasteiger partial charge on any atom is 0.166 e. The molecule has 0 amide bonds. The van der Waals surface area contributed by atoms with Crippen LogP contribution in [-0.4, -0.2) is 36.4 Å². The lowest BCUT2D eigenvalue weighted by molar-refractivity contribution is 0.683. The molecule has 0 aromatic rings. The van der Waals surface area contributed by atoms with Crippen molar-refractivity contribution in [1.82, 2.24) is 21.3 Å². The van der Waals surface area contributed by atoms with Gasteiger partial charge in [-0.3, -0.25) is 0 Å². The Bertz CT molecular complexity index is 251. The predicted octanol–water partition coefficient (Wildman–Crippen LogP) is 1.07. The van der Waals surface area contributed by atoms with E-state index in [1.54, 1.807) is 12.2 Å². The summed E-state index contributed by atoms with van der Waals surface area (Å²) in [6, 6.07) is 0. The van der Waals surface area contributed by atoms with Gasteiger partial charge in [0.2, 0.25) is 0 Å². The minimum atomic E-state index is 0.672. The van der Waals surface area contributed by atoms with Crippen LogP contribution in [0.5, 0.6) is 0 Å². The summed E-state index contributed by atoms with van der Waals surface area (Å²) in [5, 5.41) is 13.6. The molecule has 0 radical (unpaired) electrons. The summed E-state index contributed by atoms with van der Waals surface area (Å²) in [6.07, 6.45) is 5.62. The van der Waals surface area contributed by atoms with Gasteiger partial charge in [-0.25, -0.2) is 0 Å². The van der Waals surface area contributed by atoms with Crippen LogP contribution in [0, 0.1) is 0 Å². The number of hydrogen-bond donors (Lipinski definition) is 4. The molecule has 102 valence electrons. The van der Waals surface area contributed by atoms with Crippen molar-refractivity contribution in [3.63, 3.8) is 0 Å². The van der Waals surface area contributed by atoms with Gasteiger partial charge in [0.25, 0.3) is 0 Å². The maximum atomic E-state index is 5.06. The Kier molecular flexibility index (Phi) is 11.5. The molecule has 0 bridgehead atoms. The van der Waals surface area contributed by atoms with Crippen LogP contribution >= 0.6 is 24.4 Å². The molecule has 0 aromatic carbocycles. The van der Waals surface area contributed by atoms with Gasteiger partial charge in [0.05, 0.1) is 0 Å². The SMILES string of the molecule is C=CCNC(=S)NCCCCNC(=S)NCC=C. The monoisotopic (exact) mass is 286 g/mol. The van der Waals surface area contributed by atoms with Crippen LogP contribution in [-0.2, 0) is 0 Å². The van der Waals surface area contributed by atoms with Gasteiger partial charge in [0, 0.05) is 26.2 Å². The van der Waals surface area contributed by atoms with E-state index >= 15 is 0 Å². The molecule has 4 nitrogen and oxygen atoms in total. The Morgan fingerprint density at radius 2 is 1.17 bits per heavy atom. The van der Waals surface area contributed by atoms with Gasteiger partial charge in [0.15, 0.2) is 10.2 Å². The zero-order valence-electron chi connectivity index (χ0n) is 10.6. The Balaban J connectivity index is 3.29. The second kappa shape index (κ2) is 12.3. The first-order valence-electron chi connectivity index (χ1n) is 5.96. The standard InChI is InChI=1S/C12H22N4S2/c1-3-7-13-11(17)15-9-5-6-10-16-12(18)14-8-4-2/h3-4H,1-2,5-10H2,(H2,13,15,17)(H2,14,16,18). The molecule has 0 saturated heterocycles. The zero-order valence-corrected chi connectivity index (χ0v) is 12.3. The summed E-state index contributed by atoms with van der Waals surface area (Å²) in [7, 11) is 0. The fourth-order valence-corrected chi connectivity index (χ4v) is 1.48. The smallest absolute Gasteiger partial charge is 0.166 e. The van der Waals surface area contributed by atoms with Gasteiger partial charge >= 0.3 is 0 Å². The van der Waals surface area contributed by atoms with E-state index in [1.165, 1.54) is 0 Å². The largest absolute Gasteiger partial charge is 0.363 e. The summed E-state index contributed by atoms with van der Waals surface area (Å²) >= 11 is 10.1. The van der Waals surface area contributed by atoms with E-state index in [1.807, 2.05) is 0 Å². The van der Waals surface area contributed by atoms with Gasteiger partial charge in [-0.2, -0.15) is 0 Å². The van der Waals surface area contributed by atoms with E-state index in [0.29, 0.717) is 23.3 Å². The minimum absolute atomic E-state index is 0.672. The number of nitrogens with one attached hydrogen (secondary N) is 4. The minimum Gasteiger partial charge on any atom is -0.363 e. The molecule has 0 aliphatic carbocycles. The predicted molar refractivity (Wildman–Crippen MR) is 86.8 cm³/mol. The Morgan fingerprint density at radius 3 is 1.50 bits per heavy atom. The van der Waals surface area contributed by atoms with Crippen molar-refractivity contribution in [3.8, 4) is 0 Å². The molecule has 0 rings (SSSR count). The first-order valence-corrected chi connectivity index (χ1v) is 6.77. The van der Waals surface area contributed by atoms with Crippen molar-refractivity contribution >= 4 is 34.7 Å². The normalized spacial score (nSPS) is 9.11. The highest BCUT2D eigenvalue weighted by atomic mass is 32.1. The second-order valence-corrected chi connectivity index (χ2v) is 4.37. The molecule has 0 saturated carbocycles. The van der Waals surface area contributed by atoms with E-state index in [4.69, 9.17) is 24.4 Å². The van der Waals surface area contributed by atoms with Gasteiger partial charge < -0.3 is 21.3 Å². The van der Waals surface area contributed by atoms with E-state index in [2.05, 4.69) is 34.4 Å². The van der Waals surface area contributed by atoms with Gasteiger partial charge in [-0.05, 0) is 37.3 Å². The lowest BCUT2D eigenvalue weighted by Gasteiger charge is -2.10. The summed E-state index contributed by atoms with van der Waals surface area (Å²) < 4.78 is 0. The van der Waals surface area contributed by atoms with E-state index in [-0.39, 0.29) is 0 Å². The lowest BCUT2D eigenvalue weighted by Crippen LogP contribution is -2.37. The van der Waals surface area contributed by atoms with Gasteiger partial charge in [0.1, 0.15) is 0 Å². The molecular weight excluding hydrogens is 264 g/mol. The summed E-state index contributed by atoms with van der Waals surface area (Å²) in [5.74, 6) is 0. The van der Waals surface area contributed by atoms with Crippen LogP contribution in [0.3, 0.4) is 0 Å². The first-order chi connectivity index (χ1) is 8.70. The zero-order chi connectivity index (χ0) is 13.6. The van der Waals surface area contributed by atoms with Crippen LogP contribution in [0.1, 0.15) is 12.8 Å². The molecule has 0 aliphatic heterocycles. The molecule has 4 N–H and O–H groups in total. The van der Waals surface area contributed by atoms with Crippen LogP contribution in [0.25, 0.3) is 0 Å². The summed E-state index contributed by atoms with van der Waals surface area (Å²) in [4.78, 5) is 0. The molecule has 0 aliphatic rings. The fraction of sp³-hybridized carbons (Fsp3) is 0.500. The Hall–Kier alpha value is -1.14. The summed E-state index contributed by atoms with van der Waals surface area (Å²) in [5.41, 5.74) is 0. The molecule has 0 fully saturated rings. The van der Waals surface area contributed by atoms with Crippen LogP contribution in [0.4, 0.5) is 0 Å². The number of thiocarbonyl (C=S) groups is 2. The molecule has 18 heavy (non-hydrogen) atoms. The van der Waals surface area contributed by atoms with E-state index in [0.717, 1.165) is 25.9 Å². The molecule has 6 heteroatoms. The molecule has 0 aromatic heterocycles. The van der Waals surface area contributed by atoms with Crippen LogP contribution < -0.4 is 21.3 Å². The molecule has 0 atom stereocenters. The molecular formula is C12H22N4S2. The van der Waals surface area contributed by atoms with Crippen molar-refractivity contribution in [2.75, 3.05) is 26.2 Å². The van der Waals surface area contributed by atoms with Crippen molar-refractivity contribution in [2.24, 2.45) is 0 Å². The van der Waals surface area contributed by atoms with Crippen molar-refractivity contribution in [2.45, 2.75) is 12.8 Å². The first kappa shape index (κ1) is 16.9. The highest BCUT2D eigenvalue weighted by Gasteiger charge is 1.94. The third-order valence-corrected chi connectivity index (χ3v) is 2.57. The summed E-state index contributed by atoms with van der Waals surface area (Å²) in [6.45, 7) is 10.3. The molecule has 0 spiro atoms. The second-order valence-electron chi connectivity index (χ2n) is 3.56. The van der Waals surface area contributed by atoms with Crippen LogP contribution in [0.15, 0.2) is 25.3 Å². The topological polar surface area (TPSA) is 48.1 Å². The number of unbranched alkanes of at least 4 members (excludes halogenated alkanes) is 1. The third kappa shape index (κ3) is 11.3. The van der Waals surface area contributed by atoms with Crippen molar-refractivity contribution in [1.29, 1.82) is 0 Å². The van der Waals surface area contributed by atoms with Gasteiger partial charge in [-0.15, -0.1) is 13.2 Å². The average Bonchev–Trinajstić information content (AvgIpc) is 2.37. The lowest BCUT2D eigenvalue weighted by atomic mass is 10.3.